The maximum atomic E-state index is 12.1. The van der Waals surface area contributed by atoms with E-state index in [1.165, 1.54) is 18.5 Å². The third-order valence-corrected chi connectivity index (χ3v) is 4.41. The molecule has 0 aliphatic heterocycles. The summed E-state index contributed by atoms with van der Waals surface area (Å²) in [4.78, 5) is 3.93. The summed E-state index contributed by atoms with van der Waals surface area (Å²) in [5.41, 5.74) is 1.31. The van der Waals surface area contributed by atoms with E-state index in [0.717, 1.165) is 5.56 Å². The minimum Gasteiger partial charge on any atom is -0.280 e. The zero-order valence-electron chi connectivity index (χ0n) is 9.68. The van der Waals surface area contributed by atoms with Gasteiger partial charge in [0.25, 0.3) is 10.0 Å². The summed E-state index contributed by atoms with van der Waals surface area (Å²) in [6.45, 7) is 0. The Balaban J connectivity index is 2.31. The van der Waals surface area contributed by atoms with Gasteiger partial charge in [0, 0.05) is 28.4 Å². The highest BCUT2D eigenvalue weighted by molar-refractivity contribution is 9.10. The maximum absolute atomic E-state index is 12.1. The number of sulfonamides is 1. The van der Waals surface area contributed by atoms with Crippen molar-refractivity contribution in [3.8, 4) is 0 Å². The topological polar surface area (TPSA) is 59.1 Å². The molecule has 2 aromatic rings. The lowest BCUT2D eigenvalue weighted by Gasteiger charge is -2.08. The van der Waals surface area contributed by atoms with Gasteiger partial charge in [-0.25, -0.2) is 8.42 Å². The van der Waals surface area contributed by atoms with Crippen LogP contribution in [0.3, 0.4) is 0 Å². The van der Waals surface area contributed by atoms with Crippen molar-refractivity contribution >= 4 is 43.2 Å². The summed E-state index contributed by atoms with van der Waals surface area (Å²) in [5, 5.41) is 0. The number of halogens is 2. The van der Waals surface area contributed by atoms with E-state index in [-0.39, 0.29) is 4.90 Å². The highest BCUT2D eigenvalue weighted by Crippen LogP contribution is 2.19. The second-order valence-electron chi connectivity index (χ2n) is 3.78. The fourth-order valence-electron chi connectivity index (χ4n) is 1.47. The molecule has 1 N–H and O–H groups in total. The summed E-state index contributed by atoms with van der Waals surface area (Å²) in [6, 6.07) is 8.41. The Hall–Kier alpha value is -1.11. The van der Waals surface area contributed by atoms with Crippen LogP contribution in [0.1, 0.15) is 5.56 Å². The van der Waals surface area contributed by atoms with Crippen molar-refractivity contribution in [2.45, 2.75) is 10.8 Å². The van der Waals surface area contributed by atoms with E-state index in [2.05, 4.69) is 25.6 Å². The first kappa shape index (κ1) is 14.3. The summed E-state index contributed by atoms with van der Waals surface area (Å²) in [6.07, 6.45) is 2.81. The molecule has 0 unspecified atom stereocenters. The molecular weight excluding hydrogens is 352 g/mol. The van der Waals surface area contributed by atoms with Gasteiger partial charge in [-0.3, -0.25) is 9.71 Å². The van der Waals surface area contributed by atoms with E-state index in [0.29, 0.717) is 16.0 Å². The number of aromatic nitrogens is 1. The molecule has 100 valence electrons. The van der Waals surface area contributed by atoms with Crippen molar-refractivity contribution < 1.29 is 8.42 Å². The fourth-order valence-corrected chi connectivity index (χ4v) is 3.19. The molecule has 0 bridgehead atoms. The minimum absolute atomic E-state index is 0.0955. The van der Waals surface area contributed by atoms with Crippen LogP contribution >= 0.6 is 27.5 Å². The summed E-state index contributed by atoms with van der Waals surface area (Å²) < 4.78 is 27.4. The largest absolute Gasteiger partial charge is 0.280 e. The number of nitrogens with zero attached hydrogens (tertiary/aromatic N) is 1. The number of rotatable bonds is 4. The average Bonchev–Trinajstić information content (AvgIpc) is 2.38. The van der Waals surface area contributed by atoms with Crippen molar-refractivity contribution in [1.82, 2.24) is 4.98 Å². The van der Waals surface area contributed by atoms with Crippen LogP contribution < -0.4 is 4.72 Å². The molecule has 19 heavy (non-hydrogen) atoms. The predicted molar refractivity (Wildman–Crippen MR) is 78.7 cm³/mol. The van der Waals surface area contributed by atoms with Crippen LogP contribution in [0.15, 0.2) is 52.1 Å². The third-order valence-electron chi connectivity index (χ3n) is 2.32. The number of benzene rings is 1. The van der Waals surface area contributed by atoms with E-state index >= 15 is 0 Å². The number of nitrogens with one attached hydrogen (secondary N) is 1. The van der Waals surface area contributed by atoms with Crippen LogP contribution in [0.4, 0.5) is 5.69 Å². The van der Waals surface area contributed by atoms with Gasteiger partial charge in [0.15, 0.2) is 0 Å². The lowest BCUT2D eigenvalue weighted by molar-refractivity contribution is 0.600. The molecule has 0 radical (unpaired) electrons. The Morgan fingerprint density at radius 1 is 1.26 bits per heavy atom. The molecule has 0 saturated carbocycles. The first-order valence-corrected chi connectivity index (χ1v) is 8.10. The van der Waals surface area contributed by atoms with Crippen molar-refractivity contribution in [2.75, 3.05) is 4.72 Å². The van der Waals surface area contributed by atoms with Gasteiger partial charge >= 0.3 is 0 Å². The molecule has 0 aliphatic rings. The van der Waals surface area contributed by atoms with Gasteiger partial charge in [0.05, 0.1) is 0 Å². The lowest BCUT2D eigenvalue weighted by atomic mass is 10.2. The van der Waals surface area contributed by atoms with Gasteiger partial charge in [-0.05, 0) is 39.7 Å². The van der Waals surface area contributed by atoms with E-state index < -0.39 is 10.0 Å². The second kappa shape index (κ2) is 5.90. The molecule has 0 spiro atoms. The maximum Gasteiger partial charge on any atom is 0.263 e. The molecule has 0 amide bonds. The van der Waals surface area contributed by atoms with E-state index in [1.807, 2.05) is 6.07 Å². The molecule has 0 aliphatic carbocycles. The Labute approximate surface area is 125 Å². The monoisotopic (exact) mass is 360 g/mol. The van der Waals surface area contributed by atoms with Gasteiger partial charge < -0.3 is 0 Å². The van der Waals surface area contributed by atoms with Gasteiger partial charge in [0.2, 0.25) is 0 Å². The second-order valence-corrected chi connectivity index (χ2v) is 6.64. The Bertz CT molecular complexity index is 692. The Morgan fingerprint density at radius 3 is 2.74 bits per heavy atom. The third kappa shape index (κ3) is 3.68. The average molecular weight is 362 g/mol. The summed E-state index contributed by atoms with van der Waals surface area (Å²) in [5.74, 6) is 0.327. The molecule has 0 saturated heterocycles. The highest BCUT2D eigenvalue weighted by atomic mass is 79.9. The summed E-state index contributed by atoms with van der Waals surface area (Å²) >= 11 is 8.91. The summed E-state index contributed by atoms with van der Waals surface area (Å²) in [7, 11) is -3.65. The zero-order chi connectivity index (χ0) is 13.9. The van der Waals surface area contributed by atoms with E-state index in [9.17, 15) is 8.42 Å². The Morgan fingerprint density at radius 2 is 2.05 bits per heavy atom. The van der Waals surface area contributed by atoms with Crippen LogP contribution in [-0.2, 0) is 15.9 Å². The van der Waals surface area contributed by atoms with Gasteiger partial charge in [0.1, 0.15) is 4.90 Å². The quantitative estimate of drug-likeness (QED) is 0.849. The van der Waals surface area contributed by atoms with Crippen LogP contribution in [-0.4, -0.2) is 13.4 Å². The minimum atomic E-state index is -3.65. The Kier molecular flexibility index (Phi) is 4.44. The lowest BCUT2D eigenvalue weighted by Crippen LogP contribution is -2.13. The van der Waals surface area contributed by atoms with Crippen molar-refractivity contribution in [3.05, 3.63) is 52.8 Å². The van der Waals surface area contributed by atoms with Crippen LogP contribution in [0.2, 0.25) is 0 Å². The fraction of sp³-hybridized carbons (Fsp3) is 0.0833. The molecule has 4 nitrogen and oxygen atoms in total. The van der Waals surface area contributed by atoms with Gasteiger partial charge in [-0.15, -0.1) is 11.6 Å². The van der Waals surface area contributed by atoms with Crippen LogP contribution in [0.5, 0.6) is 0 Å². The zero-order valence-corrected chi connectivity index (χ0v) is 12.8. The predicted octanol–water partition coefficient (Wildman–Crippen LogP) is 3.38. The first-order chi connectivity index (χ1) is 9.01. The van der Waals surface area contributed by atoms with Crippen LogP contribution in [0.25, 0.3) is 0 Å². The molecular formula is C12H10BrClN2O2S. The van der Waals surface area contributed by atoms with E-state index in [4.69, 9.17) is 11.6 Å². The SMILES string of the molecule is O=S(=O)(Nc1cccc(CCl)c1)c1cncc(Br)c1. The molecule has 1 aromatic carbocycles. The number of anilines is 1. The normalized spacial score (nSPS) is 11.3. The molecule has 0 atom stereocenters. The van der Waals surface area contributed by atoms with E-state index in [1.54, 1.807) is 18.2 Å². The number of pyridine rings is 1. The van der Waals surface area contributed by atoms with Crippen molar-refractivity contribution in [2.24, 2.45) is 0 Å². The standard InChI is InChI=1S/C12H10BrClN2O2S/c13-10-5-12(8-15-7-10)19(17,18)16-11-3-1-2-9(4-11)6-14/h1-5,7-8,16H,6H2. The van der Waals surface area contributed by atoms with Gasteiger partial charge in [-0.2, -0.15) is 0 Å². The van der Waals surface area contributed by atoms with Gasteiger partial charge in [-0.1, -0.05) is 12.1 Å². The number of hydrogen-bond donors (Lipinski definition) is 1. The molecule has 7 heteroatoms. The highest BCUT2D eigenvalue weighted by Gasteiger charge is 2.15. The van der Waals surface area contributed by atoms with Crippen molar-refractivity contribution in [1.29, 1.82) is 0 Å². The molecule has 1 aromatic heterocycles. The molecule has 1 heterocycles. The number of hydrogen-bond acceptors (Lipinski definition) is 3. The van der Waals surface area contributed by atoms with Crippen molar-refractivity contribution in [3.63, 3.8) is 0 Å². The smallest absolute Gasteiger partial charge is 0.263 e. The first-order valence-electron chi connectivity index (χ1n) is 5.29. The molecule has 2 rings (SSSR count). The number of alkyl halides is 1. The van der Waals surface area contributed by atoms with Crippen LogP contribution in [0, 0.1) is 0 Å². The molecule has 0 fully saturated rings.